The first-order chi connectivity index (χ1) is 22.3. The molecule has 5 heteroatoms. The highest BCUT2D eigenvalue weighted by atomic mass is 15.2. The lowest BCUT2D eigenvalue weighted by Gasteiger charge is -2.27. The first-order valence-electron chi connectivity index (χ1n) is 15.3. The zero-order valence-electron chi connectivity index (χ0n) is 24.5. The van der Waals surface area contributed by atoms with Gasteiger partial charge in [0.15, 0.2) is 5.84 Å². The number of rotatable bonds is 4. The molecule has 0 spiro atoms. The van der Waals surface area contributed by atoms with Crippen LogP contribution in [0.4, 0.5) is 0 Å². The molecule has 0 fully saturated rings. The first kappa shape index (κ1) is 25.5. The van der Waals surface area contributed by atoms with E-state index in [4.69, 9.17) is 9.98 Å². The summed E-state index contributed by atoms with van der Waals surface area (Å²) >= 11 is 0. The molecule has 0 saturated carbocycles. The number of benzene rings is 6. The number of hydrogen-bond acceptors (Lipinski definition) is 4. The molecule has 214 valence electrons. The molecule has 0 saturated heterocycles. The smallest absolute Gasteiger partial charge is 0.159 e. The lowest BCUT2D eigenvalue weighted by molar-refractivity contribution is 0.671. The van der Waals surface area contributed by atoms with Crippen LogP contribution in [0.2, 0.25) is 0 Å². The minimum absolute atomic E-state index is 0.223. The highest BCUT2D eigenvalue weighted by Crippen LogP contribution is 2.40. The molecule has 1 aromatic heterocycles. The second-order valence-electron chi connectivity index (χ2n) is 11.5. The van der Waals surface area contributed by atoms with E-state index >= 15 is 0 Å². The molecule has 0 amide bonds. The average Bonchev–Trinajstić information content (AvgIpc) is 3.48. The molecule has 0 bridgehead atoms. The highest BCUT2D eigenvalue weighted by Gasteiger charge is 2.24. The number of amidine groups is 2. The number of hydrogen-bond donors (Lipinski definition) is 2. The Labute approximate surface area is 260 Å². The second-order valence-corrected chi connectivity index (χ2v) is 11.5. The Morgan fingerprint density at radius 3 is 1.82 bits per heavy atom. The van der Waals surface area contributed by atoms with E-state index in [0.717, 1.165) is 34.2 Å². The van der Waals surface area contributed by atoms with Crippen molar-refractivity contribution < 1.29 is 0 Å². The van der Waals surface area contributed by atoms with E-state index in [-0.39, 0.29) is 6.17 Å². The summed E-state index contributed by atoms with van der Waals surface area (Å²) in [6.45, 7) is 0.629. The summed E-state index contributed by atoms with van der Waals surface area (Å²) in [4.78, 5) is 10.0. The predicted octanol–water partition coefficient (Wildman–Crippen LogP) is 8.58. The van der Waals surface area contributed by atoms with Gasteiger partial charge in [-0.2, -0.15) is 0 Å². The van der Waals surface area contributed by atoms with Crippen LogP contribution < -0.4 is 10.6 Å². The fraction of sp³-hybridized carbons (Fsp3) is 0.0500. The van der Waals surface area contributed by atoms with Gasteiger partial charge in [-0.05, 0) is 51.4 Å². The van der Waals surface area contributed by atoms with Crippen molar-refractivity contribution >= 4 is 60.8 Å². The van der Waals surface area contributed by atoms with Crippen LogP contribution in [0.15, 0.2) is 161 Å². The number of aliphatic imine (C=N–C) groups is 2. The minimum atomic E-state index is -0.223. The summed E-state index contributed by atoms with van der Waals surface area (Å²) in [7, 11) is 0. The fourth-order valence-corrected chi connectivity index (χ4v) is 6.74. The van der Waals surface area contributed by atoms with E-state index in [2.05, 4.69) is 137 Å². The van der Waals surface area contributed by atoms with Crippen LogP contribution in [0.25, 0.3) is 49.2 Å². The van der Waals surface area contributed by atoms with Crippen molar-refractivity contribution in [1.29, 1.82) is 0 Å². The van der Waals surface area contributed by atoms with Crippen LogP contribution in [-0.2, 0) is 0 Å². The largest absolute Gasteiger partial charge is 0.367 e. The zero-order chi connectivity index (χ0) is 29.7. The Balaban J connectivity index is 1.19. The number of dihydropyridines is 1. The highest BCUT2D eigenvalue weighted by molar-refractivity contribution is 6.28. The summed E-state index contributed by atoms with van der Waals surface area (Å²) < 4.78 is 2.37. The van der Waals surface area contributed by atoms with Crippen LogP contribution in [0, 0.1) is 0 Å². The van der Waals surface area contributed by atoms with Crippen molar-refractivity contribution in [2.45, 2.75) is 6.17 Å². The number of nitrogens with one attached hydrogen (secondary N) is 2. The van der Waals surface area contributed by atoms with Crippen molar-refractivity contribution in [3.05, 3.63) is 162 Å². The van der Waals surface area contributed by atoms with Crippen LogP contribution in [0.3, 0.4) is 0 Å². The molecule has 3 heterocycles. The maximum absolute atomic E-state index is 5.02. The average molecular weight is 580 g/mol. The molecule has 1 atom stereocenters. The van der Waals surface area contributed by atoms with Crippen molar-refractivity contribution in [2.75, 3.05) is 6.54 Å². The van der Waals surface area contributed by atoms with E-state index in [9.17, 15) is 0 Å². The molecule has 7 aromatic rings. The molecule has 0 radical (unpaired) electrons. The third kappa shape index (κ3) is 4.24. The van der Waals surface area contributed by atoms with Crippen LogP contribution in [0.5, 0.6) is 0 Å². The summed E-state index contributed by atoms with van der Waals surface area (Å²) in [6, 6.07) is 46.9. The van der Waals surface area contributed by atoms with Gasteiger partial charge in [0.05, 0.1) is 11.0 Å². The molecule has 6 aromatic carbocycles. The number of allylic oxidation sites excluding steroid dienone is 2. The molecule has 2 aliphatic rings. The molecule has 1 unspecified atom stereocenters. The van der Waals surface area contributed by atoms with E-state index in [1.165, 1.54) is 43.4 Å². The predicted molar refractivity (Wildman–Crippen MR) is 188 cm³/mol. The standard InChI is InChI=1S/C40H29N5/c1-3-13-28(14-4-1)38-42-39(29-15-5-2-6-16-29)44-40(43-38)30-21-24-35(41-25-30)45-33-22-19-26-11-7-9-17-31(26)36(33)37-32-18-10-8-12-27(32)20-23-34(37)45/h1-24,38,41H,25H2,(H,42,43,44). The summed E-state index contributed by atoms with van der Waals surface area (Å²) in [6.07, 6.45) is 4.14. The van der Waals surface area contributed by atoms with Gasteiger partial charge in [0.25, 0.3) is 0 Å². The number of fused-ring (bicyclic) bond motifs is 7. The van der Waals surface area contributed by atoms with E-state index in [0.29, 0.717) is 6.54 Å². The normalized spacial score (nSPS) is 16.6. The van der Waals surface area contributed by atoms with Crippen LogP contribution in [-0.4, -0.2) is 22.8 Å². The van der Waals surface area contributed by atoms with Crippen molar-refractivity contribution in [3.63, 3.8) is 0 Å². The summed E-state index contributed by atoms with van der Waals surface area (Å²) in [5.41, 5.74) is 5.56. The first-order valence-corrected chi connectivity index (χ1v) is 15.3. The van der Waals surface area contributed by atoms with Gasteiger partial charge in [-0.15, -0.1) is 0 Å². The monoisotopic (exact) mass is 579 g/mol. The van der Waals surface area contributed by atoms with Gasteiger partial charge in [-0.3, -0.25) is 4.57 Å². The fourth-order valence-electron chi connectivity index (χ4n) is 6.74. The Morgan fingerprint density at radius 2 is 1.20 bits per heavy atom. The van der Waals surface area contributed by atoms with Gasteiger partial charge in [-0.1, -0.05) is 121 Å². The Morgan fingerprint density at radius 1 is 0.600 bits per heavy atom. The van der Waals surface area contributed by atoms with E-state index < -0.39 is 0 Å². The molecule has 45 heavy (non-hydrogen) atoms. The number of aromatic nitrogens is 1. The lowest BCUT2D eigenvalue weighted by atomic mass is 10.00. The van der Waals surface area contributed by atoms with Crippen molar-refractivity contribution in [3.8, 4) is 0 Å². The molecular formula is C40H29N5. The van der Waals surface area contributed by atoms with Gasteiger partial charge in [0, 0.05) is 28.5 Å². The maximum atomic E-state index is 5.02. The lowest BCUT2D eigenvalue weighted by Crippen LogP contribution is -2.37. The SMILES string of the molecule is C1=C(C2=NC(c3ccccc3)=NC(c3ccccc3)N2)CNC(n2c3ccc4ccccc4c3c3c4ccccc4ccc32)=C1. The third-order valence-corrected chi connectivity index (χ3v) is 8.88. The Hall–Kier alpha value is -5.94. The molecule has 0 aliphatic carbocycles. The Kier molecular flexibility index (Phi) is 5.88. The van der Waals surface area contributed by atoms with Gasteiger partial charge in [-0.25, -0.2) is 9.98 Å². The van der Waals surface area contributed by atoms with Crippen LogP contribution >= 0.6 is 0 Å². The van der Waals surface area contributed by atoms with E-state index in [1.54, 1.807) is 0 Å². The van der Waals surface area contributed by atoms with Crippen molar-refractivity contribution in [1.82, 2.24) is 15.2 Å². The van der Waals surface area contributed by atoms with Crippen LogP contribution in [0.1, 0.15) is 17.3 Å². The number of nitrogens with zero attached hydrogens (tertiary/aromatic N) is 3. The van der Waals surface area contributed by atoms with Gasteiger partial charge in [0.2, 0.25) is 0 Å². The molecule has 2 aliphatic heterocycles. The topological polar surface area (TPSA) is 53.7 Å². The second kappa shape index (κ2) is 10.4. The van der Waals surface area contributed by atoms with Gasteiger partial charge in [0.1, 0.15) is 17.8 Å². The minimum Gasteiger partial charge on any atom is -0.367 e. The molecular weight excluding hydrogens is 550 g/mol. The molecule has 9 rings (SSSR count). The van der Waals surface area contributed by atoms with Gasteiger partial charge >= 0.3 is 0 Å². The molecule has 2 N–H and O–H groups in total. The summed E-state index contributed by atoms with van der Waals surface area (Å²) in [5, 5.41) is 14.9. The summed E-state index contributed by atoms with van der Waals surface area (Å²) in [5.74, 6) is 2.60. The third-order valence-electron chi connectivity index (χ3n) is 8.88. The zero-order valence-corrected chi connectivity index (χ0v) is 24.5. The van der Waals surface area contributed by atoms with E-state index in [1.807, 2.05) is 24.3 Å². The van der Waals surface area contributed by atoms with Crippen molar-refractivity contribution in [2.24, 2.45) is 9.98 Å². The molecule has 5 nitrogen and oxygen atoms in total. The maximum Gasteiger partial charge on any atom is 0.159 e. The quantitative estimate of drug-likeness (QED) is 0.219. The Bertz CT molecular complexity index is 2300. The van der Waals surface area contributed by atoms with Gasteiger partial charge < -0.3 is 10.6 Å².